The Morgan fingerprint density at radius 3 is 2.52 bits per heavy atom. The third kappa shape index (κ3) is 4.83. The van der Waals surface area contributed by atoms with Crippen molar-refractivity contribution in [2.75, 3.05) is 11.5 Å². The molecule has 1 atom stereocenters. The number of nitrogens with two attached hydrogens (primary N) is 1. The van der Waals surface area contributed by atoms with Gasteiger partial charge in [-0.2, -0.15) is 0 Å². The Balaban J connectivity index is 1.90. The first-order chi connectivity index (χ1) is 10.00. The van der Waals surface area contributed by atoms with Crippen molar-refractivity contribution in [2.45, 2.75) is 32.2 Å². The Morgan fingerprint density at radius 1 is 1.10 bits per heavy atom. The maximum absolute atomic E-state index is 11.4. The average molecular weight is 305 g/mol. The Hall–Kier alpha value is -1.39. The van der Waals surface area contributed by atoms with Gasteiger partial charge < -0.3 is 5.73 Å². The highest BCUT2D eigenvalue weighted by atomic mass is 32.2. The second-order valence-corrected chi connectivity index (χ2v) is 8.00. The standard InChI is InChI=1S/C17H23NO2S/c1-2-21(19,20)11-5-8-17(18)13-14-9-10-15-6-3-4-7-16(15)12-14/h3-4,6-7,9-10,12,17H,2,5,8,11,13,18H2,1H3. The molecule has 2 aromatic carbocycles. The van der Waals surface area contributed by atoms with Crippen LogP contribution in [0.1, 0.15) is 25.3 Å². The molecule has 21 heavy (non-hydrogen) atoms. The van der Waals surface area contributed by atoms with Gasteiger partial charge in [-0.3, -0.25) is 0 Å². The quantitative estimate of drug-likeness (QED) is 0.855. The molecule has 0 fully saturated rings. The van der Waals surface area contributed by atoms with Crippen LogP contribution in [-0.2, 0) is 16.3 Å². The molecular formula is C17H23NO2S. The molecule has 0 saturated heterocycles. The molecule has 2 rings (SSSR count). The highest BCUT2D eigenvalue weighted by Crippen LogP contribution is 2.17. The zero-order valence-corrected chi connectivity index (χ0v) is 13.3. The number of hydrogen-bond donors (Lipinski definition) is 1. The predicted octanol–water partition coefficient (Wildman–Crippen LogP) is 2.92. The van der Waals surface area contributed by atoms with Gasteiger partial charge in [0, 0.05) is 11.8 Å². The van der Waals surface area contributed by atoms with Gasteiger partial charge >= 0.3 is 0 Å². The molecule has 0 aliphatic carbocycles. The highest BCUT2D eigenvalue weighted by molar-refractivity contribution is 7.91. The Bertz CT molecular complexity index is 695. The molecule has 0 heterocycles. The molecule has 3 nitrogen and oxygen atoms in total. The van der Waals surface area contributed by atoms with Crippen LogP contribution in [0, 0.1) is 0 Å². The monoisotopic (exact) mass is 305 g/mol. The summed E-state index contributed by atoms with van der Waals surface area (Å²) in [5.41, 5.74) is 7.33. The second-order valence-electron chi connectivity index (χ2n) is 5.52. The first kappa shape index (κ1) is 16.0. The van der Waals surface area contributed by atoms with Gasteiger partial charge in [0.1, 0.15) is 9.84 Å². The smallest absolute Gasteiger partial charge is 0.150 e. The van der Waals surface area contributed by atoms with Crippen molar-refractivity contribution in [3.63, 3.8) is 0 Å². The van der Waals surface area contributed by atoms with Gasteiger partial charge in [0.25, 0.3) is 0 Å². The topological polar surface area (TPSA) is 60.2 Å². The Labute approximate surface area is 127 Å². The van der Waals surface area contributed by atoms with Crippen molar-refractivity contribution in [3.8, 4) is 0 Å². The number of benzene rings is 2. The molecule has 0 spiro atoms. The summed E-state index contributed by atoms with van der Waals surface area (Å²) in [7, 11) is -2.87. The summed E-state index contributed by atoms with van der Waals surface area (Å²) in [6.07, 6.45) is 2.17. The van der Waals surface area contributed by atoms with E-state index in [2.05, 4.69) is 30.3 Å². The van der Waals surface area contributed by atoms with Crippen LogP contribution >= 0.6 is 0 Å². The normalized spacial score (nSPS) is 13.4. The molecule has 4 heteroatoms. The molecule has 0 amide bonds. The maximum Gasteiger partial charge on any atom is 0.150 e. The molecular weight excluding hydrogens is 282 g/mol. The van der Waals surface area contributed by atoms with Crippen molar-refractivity contribution in [2.24, 2.45) is 5.73 Å². The molecule has 0 aliphatic rings. The van der Waals surface area contributed by atoms with Crippen LogP contribution in [0.4, 0.5) is 0 Å². The summed E-state index contributed by atoms with van der Waals surface area (Å²) >= 11 is 0. The number of fused-ring (bicyclic) bond motifs is 1. The molecule has 1 unspecified atom stereocenters. The minimum Gasteiger partial charge on any atom is -0.327 e. The van der Waals surface area contributed by atoms with E-state index < -0.39 is 9.84 Å². The van der Waals surface area contributed by atoms with Gasteiger partial charge in [-0.15, -0.1) is 0 Å². The van der Waals surface area contributed by atoms with Crippen LogP contribution in [0.3, 0.4) is 0 Å². The molecule has 2 aromatic rings. The van der Waals surface area contributed by atoms with Crippen molar-refractivity contribution < 1.29 is 8.42 Å². The molecule has 0 saturated carbocycles. The van der Waals surface area contributed by atoms with Crippen molar-refractivity contribution in [1.82, 2.24) is 0 Å². The van der Waals surface area contributed by atoms with Gasteiger partial charge in [0.05, 0.1) is 5.75 Å². The first-order valence-electron chi connectivity index (χ1n) is 7.44. The van der Waals surface area contributed by atoms with E-state index >= 15 is 0 Å². The van der Waals surface area contributed by atoms with E-state index in [0.717, 1.165) is 12.8 Å². The van der Waals surface area contributed by atoms with E-state index in [1.54, 1.807) is 6.92 Å². The van der Waals surface area contributed by atoms with E-state index in [4.69, 9.17) is 5.73 Å². The lowest BCUT2D eigenvalue weighted by Gasteiger charge is -2.12. The van der Waals surface area contributed by atoms with Crippen molar-refractivity contribution in [3.05, 3.63) is 48.0 Å². The van der Waals surface area contributed by atoms with Gasteiger partial charge in [-0.05, 0) is 35.6 Å². The van der Waals surface area contributed by atoms with Crippen LogP contribution in [-0.4, -0.2) is 26.0 Å². The summed E-state index contributed by atoms with van der Waals surface area (Å²) in [6.45, 7) is 1.68. The number of sulfone groups is 1. The fourth-order valence-electron chi connectivity index (χ4n) is 2.48. The van der Waals surface area contributed by atoms with Crippen LogP contribution in [0.2, 0.25) is 0 Å². The lowest BCUT2D eigenvalue weighted by atomic mass is 10.00. The van der Waals surface area contributed by atoms with Gasteiger partial charge in [-0.1, -0.05) is 49.4 Å². The summed E-state index contributed by atoms with van der Waals surface area (Å²) in [4.78, 5) is 0. The summed E-state index contributed by atoms with van der Waals surface area (Å²) < 4.78 is 22.9. The Kier molecular flexibility index (Phi) is 5.37. The van der Waals surface area contributed by atoms with Crippen LogP contribution in [0.5, 0.6) is 0 Å². The van der Waals surface area contributed by atoms with E-state index in [1.165, 1.54) is 16.3 Å². The van der Waals surface area contributed by atoms with E-state index in [0.29, 0.717) is 6.42 Å². The zero-order chi connectivity index (χ0) is 15.3. The molecule has 0 aromatic heterocycles. The lowest BCUT2D eigenvalue weighted by Crippen LogP contribution is -2.24. The van der Waals surface area contributed by atoms with Crippen molar-refractivity contribution >= 4 is 20.6 Å². The molecule has 0 radical (unpaired) electrons. The lowest BCUT2D eigenvalue weighted by molar-refractivity contribution is 0.575. The molecule has 0 bridgehead atoms. The molecule has 0 aliphatic heterocycles. The van der Waals surface area contributed by atoms with Gasteiger partial charge in [-0.25, -0.2) is 8.42 Å². The van der Waals surface area contributed by atoms with Crippen LogP contribution in [0.15, 0.2) is 42.5 Å². The molecule has 2 N–H and O–H groups in total. The van der Waals surface area contributed by atoms with E-state index in [9.17, 15) is 8.42 Å². The maximum atomic E-state index is 11.4. The SMILES string of the molecule is CCS(=O)(=O)CCCC(N)Cc1ccc2ccccc2c1. The van der Waals surface area contributed by atoms with E-state index in [-0.39, 0.29) is 17.5 Å². The predicted molar refractivity (Wildman–Crippen MR) is 89.2 cm³/mol. The third-order valence-electron chi connectivity index (χ3n) is 3.78. The fourth-order valence-corrected chi connectivity index (χ4v) is 3.38. The fraction of sp³-hybridized carbons (Fsp3) is 0.412. The van der Waals surface area contributed by atoms with Gasteiger partial charge in [0.15, 0.2) is 0 Å². The minimum absolute atomic E-state index is 0.0122. The second kappa shape index (κ2) is 7.05. The average Bonchev–Trinajstić information content (AvgIpc) is 2.47. The molecule has 114 valence electrons. The Morgan fingerprint density at radius 2 is 1.81 bits per heavy atom. The summed E-state index contributed by atoms with van der Waals surface area (Å²) in [5, 5.41) is 2.44. The first-order valence-corrected chi connectivity index (χ1v) is 9.26. The largest absolute Gasteiger partial charge is 0.327 e. The van der Waals surface area contributed by atoms with Gasteiger partial charge in [0.2, 0.25) is 0 Å². The van der Waals surface area contributed by atoms with Crippen LogP contribution < -0.4 is 5.73 Å². The third-order valence-corrected chi connectivity index (χ3v) is 5.57. The zero-order valence-electron chi connectivity index (χ0n) is 12.5. The number of rotatable bonds is 7. The van der Waals surface area contributed by atoms with Crippen molar-refractivity contribution in [1.29, 1.82) is 0 Å². The van der Waals surface area contributed by atoms with Crippen LogP contribution in [0.25, 0.3) is 10.8 Å². The van der Waals surface area contributed by atoms with E-state index in [1.807, 2.05) is 12.1 Å². The highest BCUT2D eigenvalue weighted by Gasteiger charge is 2.10. The minimum atomic E-state index is -2.87. The number of hydrogen-bond acceptors (Lipinski definition) is 3. The summed E-state index contributed by atoms with van der Waals surface area (Å²) in [5.74, 6) is 0.460. The summed E-state index contributed by atoms with van der Waals surface area (Å²) in [6, 6.07) is 14.6.